The van der Waals surface area contributed by atoms with Crippen LogP contribution in [-0.4, -0.2) is 46.2 Å². The monoisotopic (exact) mass is 341 g/mol. The molecular weight excluding hydrogens is 305 g/mol. The van der Waals surface area contributed by atoms with Crippen LogP contribution < -0.4 is 5.32 Å². The molecule has 4 heteroatoms. The molecule has 0 saturated carbocycles. The quantitative estimate of drug-likeness (QED) is 0.248. The first-order chi connectivity index (χ1) is 9.81. The van der Waals surface area contributed by atoms with Gasteiger partial charge in [0, 0.05) is 12.3 Å². The summed E-state index contributed by atoms with van der Waals surface area (Å²) in [4.78, 5) is 0. The van der Waals surface area contributed by atoms with Gasteiger partial charge in [0.1, 0.15) is 4.32 Å². The van der Waals surface area contributed by atoms with Crippen LogP contribution in [0.2, 0.25) is 0 Å². The Hall–Kier alpha value is 1.24. The Labute approximate surface area is 165 Å². The predicted molar refractivity (Wildman–Crippen MR) is 107 cm³/mol. The maximum atomic E-state index is 5.35. The van der Waals surface area contributed by atoms with Gasteiger partial charge in [0.15, 0.2) is 0 Å². The molecule has 0 aromatic heterocycles. The van der Waals surface area contributed by atoms with Crippen LogP contribution in [0.25, 0.3) is 0 Å². The summed E-state index contributed by atoms with van der Waals surface area (Å²) >= 11 is 7.18. The minimum atomic E-state index is 0. The summed E-state index contributed by atoms with van der Waals surface area (Å²) < 4.78 is 1.01. The van der Waals surface area contributed by atoms with Gasteiger partial charge < -0.3 is 5.32 Å². The summed E-state index contributed by atoms with van der Waals surface area (Å²) in [6.07, 6.45) is 16.3. The number of rotatable bonds is 14. The van der Waals surface area contributed by atoms with E-state index in [0.29, 0.717) is 0 Å². The van der Waals surface area contributed by atoms with Gasteiger partial charge in [-0.1, -0.05) is 102 Å². The average Bonchev–Trinajstić information content (AvgIpc) is 2.45. The molecule has 0 spiro atoms. The van der Waals surface area contributed by atoms with Gasteiger partial charge in [-0.15, -0.1) is 0 Å². The molecule has 0 aromatic carbocycles. The molecule has 0 aromatic rings. The molecule has 0 heterocycles. The molecule has 0 amide bonds. The molecule has 122 valence electrons. The van der Waals surface area contributed by atoms with Gasteiger partial charge in [-0.3, -0.25) is 0 Å². The number of nitrogens with one attached hydrogen (secondary N) is 1. The van der Waals surface area contributed by atoms with Crippen molar-refractivity contribution < 1.29 is 0 Å². The van der Waals surface area contributed by atoms with Crippen molar-refractivity contribution in [2.75, 3.05) is 12.3 Å². The normalized spacial score (nSPS) is 10.2. The van der Waals surface area contributed by atoms with E-state index in [1.165, 1.54) is 82.8 Å². The van der Waals surface area contributed by atoms with Crippen LogP contribution in [-0.2, 0) is 0 Å². The molecule has 0 unspecified atom stereocenters. The van der Waals surface area contributed by atoms with Crippen molar-refractivity contribution in [3.05, 3.63) is 0 Å². The molecule has 0 saturated heterocycles. The zero-order valence-electron chi connectivity index (χ0n) is 13.7. The van der Waals surface area contributed by atoms with E-state index in [4.69, 9.17) is 12.2 Å². The Morgan fingerprint density at radius 1 is 0.762 bits per heavy atom. The Morgan fingerprint density at radius 2 is 1.24 bits per heavy atom. The summed E-state index contributed by atoms with van der Waals surface area (Å²) in [5.74, 6) is 1.19. The van der Waals surface area contributed by atoms with Crippen LogP contribution in [0.4, 0.5) is 0 Å². The fourth-order valence-electron chi connectivity index (χ4n) is 2.19. The van der Waals surface area contributed by atoms with Crippen molar-refractivity contribution in [2.45, 2.75) is 90.9 Å². The third kappa shape index (κ3) is 21.2. The van der Waals surface area contributed by atoms with Crippen LogP contribution >= 0.6 is 24.0 Å². The molecule has 0 fully saturated rings. The van der Waals surface area contributed by atoms with E-state index in [0.717, 1.165) is 10.9 Å². The van der Waals surface area contributed by atoms with Gasteiger partial charge in [0.2, 0.25) is 0 Å². The Bertz CT molecular complexity index is 193. The first kappa shape index (κ1) is 24.5. The summed E-state index contributed by atoms with van der Waals surface area (Å²) in [7, 11) is 0. The molecule has 0 rings (SSSR count). The van der Waals surface area contributed by atoms with Crippen LogP contribution in [0.15, 0.2) is 0 Å². The summed E-state index contributed by atoms with van der Waals surface area (Å²) in [5, 5.41) is 3.38. The number of unbranched alkanes of at least 4 members (excludes halogenated alkanes) is 10. The van der Waals surface area contributed by atoms with Gasteiger partial charge in [0.05, 0.1) is 0 Å². The number of thioether (sulfide) groups is 1. The SMILES string of the molecule is CCCCCCCCNC(=S)SCCCCCCCC.[NaH]. The summed E-state index contributed by atoms with van der Waals surface area (Å²) in [5.41, 5.74) is 0. The third-order valence-corrected chi connectivity index (χ3v) is 4.93. The molecule has 0 aliphatic heterocycles. The number of hydrogen-bond donors (Lipinski definition) is 1. The van der Waals surface area contributed by atoms with Gasteiger partial charge in [0.25, 0.3) is 0 Å². The van der Waals surface area contributed by atoms with E-state index < -0.39 is 0 Å². The fraction of sp³-hybridized carbons (Fsp3) is 0.941. The first-order valence-electron chi connectivity index (χ1n) is 8.71. The van der Waals surface area contributed by atoms with Gasteiger partial charge in [-0.2, -0.15) is 0 Å². The Morgan fingerprint density at radius 3 is 1.81 bits per heavy atom. The van der Waals surface area contributed by atoms with Crippen molar-refractivity contribution in [3.63, 3.8) is 0 Å². The van der Waals surface area contributed by atoms with Crippen LogP contribution in [0, 0.1) is 0 Å². The summed E-state index contributed by atoms with van der Waals surface area (Å²) in [6.45, 7) is 5.60. The van der Waals surface area contributed by atoms with E-state index in [1.807, 2.05) is 11.8 Å². The molecule has 0 aliphatic rings. The molecule has 21 heavy (non-hydrogen) atoms. The topological polar surface area (TPSA) is 12.0 Å². The fourth-order valence-corrected chi connectivity index (χ4v) is 3.28. The predicted octanol–water partition coefficient (Wildman–Crippen LogP) is 5.67. The standard InChI is InChI=1S/C17H35NS2.Na.H/c1-3-5-7-9-11-13-15-18-17(19)20-16-14-12-10-8-6-4-2;;/h3-16H2,1-2H3,(H,18,19);;. The van der Waals surface area contributed by atoms with E-state index in [1.54, 1.807) is 0 Å². The van der Waals surface area contributed by atoms with Gasteiger partial charge >= 0.3 is 29.6 Å². The minimum absolute atomic E-state index is 0. The van der Waals surface area contributed by atoms with Gasteiger partial charge in [-0.25, -0.2) is 0 Å². The Kier molecular flexibility index (Phi) is 24.8. The second kappa shape index (κ2) is 21.2. The van der Waals surface area contributed by atoms with Crippen LogP contribution in [0.5, 0.6) is 0 Å². The molecule has 1 nitrogen and oxygen atoms in total. The molecule has 0 bridgehead atoms. The molecule has 0 radical (unpaired) electrons. The zero-order valence-corrected chi connectivity index (χ0v) is 15.3. The second-order valence-corrected chi connectivity index (χ2v) is 7.37. The van der Waals surface area contributed by atoms with Crippen molar-refractivity contribution in [1.29, 1.82) is 0 Å². The van der Waals surface area contributed by atoms with Crippen molar-refractivity contribution in [1.82, 2.24) is 5.32 Å². The van der Waals surface area contributed by atoms with Crippen molar-refractivity contribution in [2.24, 2.45) is 0 Å². The van der Waals surface area contributed by atoms with E-state index >= 15 is 0 Å². The van der Waals surface area contributed by atoms with Crippen molar-refractivity contribution in [3.8, 4) is 0 Å². The molecule has 0 atom stereocenters. The molecule has 1 N–H and O–H groups in total. The maximum absolute atomic E-state index is 5.35. The van der Waals surface area contributed by atoms with Crippen molar-refractivity contribution >= 4 is 57.9 Å². The van der Waals surface area contributed by atoms with E-state index in [2.05, 4.69) is 19.2 Å². The average molecular weight is 342 g/mol. The zero-order chi connectivity index (χ0) is 14.9. The molecule has 0 aliphatic carbocycles. The van der Waals surface area contributed by atoms with Gasteiger partial charge in [-0.05, 0) is 12.8 Å². The first-order valence-corrected chi connectivity index (χ1v) is 10.1. The number of thiocarbonyl (C=S) groups is 1. The third-order valence-electron chi connectivity index (χ3n) is 3.53. The van der Waals surface area contributed by atoms with Crippen LogP contribution in [0.3, 0.4) is 0 Å². The van der Waals surface area contributed by atoms with E-state index in [-0.39, 0.29) is 29.6 Å². The molecular formula is C17H36NNaS2. The van der Waals surface area contributed by atoms with Crippen LogP contribution in [0.1, 0.15) is 90.9 Å². The number of hydrogen-bond acceptors (Lipinski definition) is 2. The van der Waals surface area contributed by atoms with E-state index in [9.17, 15) is 0 Å². The summed E-state index contributed by atoms with van der Waals surface area (Å²) in [6, 6.07) is 0. The Balaban J connectivity index is 0. The second-order valence-electron chi connectivity index (χ2n) is 5.60.